The van der Waals surface area contributed by atoms with E-state index < -0.39 is 35.0 Å². The van der Waals surface area contributed by atoms with E-state index in [1.165, 1.54) is 37.3 Å². The quantitative estimate of drug-likeness (QED) is 0.283. The fourth-order valence-electron chi connectivity index (χ4n) is 4.81. The summed E-state index contributed by atoms with van der Waals surface area (Å²) in [5, 5.41) is 12.2. The average Bonchev–Trinajstić information content (AvgIpc) is 3.28. The van der Waals surface area contributed by atoms with Crippen molar-refractivity contribution in [2.75, 3.05) is 10.2 Å². The molecule has 0 bridgehead atoms. The number of nitrogens with zero attached hydrogens (tertiary/aromatic N) is 1. The van der Waals surface area contributed by atoms with Crippen molar-refractivity contribution in [1.82, 2.24) is 0 Å². The fourth-order valence-corrected chi connectivity index (χ4v) is 4.81. The van der Waals surface area contributed by atoms with Crippen molar-refractivity contribution in [2.24, 2.45) is 0 Å². The second-order valence-electron chi connectivity index (χ2n) is 9.29. The van der Waals surface area contributed by atoms with Crippen molar-refractivity contribution in [2.45, 2.75) is 39.2 Å². The standard InChI is InChI=1S/C28H22F4N2O4/c1-14-24(35)22-11-18(28(30,31)32)10-21(15(2)33-23-6-4-3-5-20(23)27(36)37)25(22)38-26(14)34-12-16-7-8-19(29)9-17(16)13-34/h3-11,15,33H,12-13H2,1-2H3,(H,36,37)/t15-/m1/s1. The number of para-hydroxylation sites is 1. The number of alkyl halides is 3. The lowest BCUT2D eigenvalue weighted by Gasteiger charge is -2.23. The molecule has 0 radical (unpaired) electrons. The lowest BCUT2D eigenvalue weighted by molar-refractivity contribution is -0.137. The molecule has 0 spiro atoms. The molecule has 5 rings (SSSR count). The van der Waals surface area contributed by atoms with E-state index in [4.69, 9.17) is 4.42 Å². The SMILES string of the molecule is Cc1c(N2Cc3ccc(F)cc3C2)oc2c([C@@H](C)Nc3ccccc3C(=O)O)cc(C(F)(F)F)cc2c1=O. The van der Waals surface area contributed by atoms with Crippen molar-refractivity contribution in [3.8, 4) is 0 Å². The zero-order chi connectivity index (χ0) is 27.4. The van der Waals surface area contributed by atoms with E-state index in [0.717, 1.165) is 23.3 Å². The highest BCUT2D eigenvalue weighted by Gasteiger charge is 2.34. The van der Waals surface area contributed by atoms with Crippen LogP contribution in [0, 0.1) is 12.7 Å². The van der Waals surface area contributed by atoms with Crippen molar-refractivity contribution in [3.05, 3.63) is 104 Å². The number of anilines is 2. The van der Waals surface area contributed by atoms with Crippen LogP contribution in [0.2, 0.25) is 0 Å². The first kappa shape index (κ1) is 25.3. The molecule has 3 aromatic carbocycles. The first-order valence-electron chi connectivity index (χ1n) is 11.7. The summed E-state index contributed by atoms with van der Waals surface area (Å²) < 4.78 is 61.4. The molecule has 10 heteroatoms. The van der Waals surface area contributed by atoms with Crippen molar-refractivity contribution in [1.29, 1.82) is 0 Å². The molecule has 1 atom stereocenters. The first-order valence-corrected chi connectivity index (χ1v) is 11.7. The Labute approximate surface area is 214 Å². The van der Waals surface area contributed by atoms with Crippen LogP contribution in [0.4, 0.5) is 29.1 Å². The molecule has 0 aliphatic carbocycles. The first-order chi connectivity index (χ1) is 17.9. The maximum atomic E-state index is 13.8. The summed E-state index contributed by atoms with van der Waals surface area (Å²) in [6, 6.07) is 11.2. The van der Waals surface area contributed by atoms with Crippen LogP contribution in [0.5, 0.6) is 0 Å². The topological polar surface area (TPSA) is 82.8 Å². The van der Waals surface area contributed by atoms with Gasteiger partial charge in [-0.3, -0.25) is 4.79 Å². The van der Waals surface area contributed by atoms with Gasteiger partial charge in [0.2, 0.25) is 5.88 Å². The Morgan fingerprint density at radius 1 is 1.08 bits per heavy atom. The van der Waals surface area contributed by atoms with Gasteiger partial charge in [0, 0.05) is 24.3 Å². The van der Waals surface area contributed by atoms with Crippen LogP contribution < -0.4 is 15.6 Å². The number of aromatic carboxylic acids is 1. The Hall–Kier alpha value is -4.34. The lowest BCUT2D eigenvalue weighted by atomic mass is 9.99. The largest absolute Gasteiger partial charge is 0.478 e. The van der Waals surface area contributed by atoms with Gasteiger partial charge in [-0.1, -0.05) is 18.2 Å². The van der Waals surface area contributed by atoms with Gasteiger partial charge in [-0.25, -0.2) is 9.18 Å². The molecule has 2 N–H and O–H groups in total. The van der Waals surface area contributed by atoms with Gasteiger partial charge in [0.1, 0.15) is 11.4 Å². The van der Waals surface area contributed by atoms with Gasteiger partial charge >= 0.3 is 12.1 Å². The van der Waals surface area contributed by atoms with Crippen LogP contribution in [-0.4, -0.2) is 11.1 Å². The fraction of sp³-hybridized carbons (Fsp3) is 0.214. The Bertz CT molecular complexity index is 1640. The van der Waals surface area contributed by atoms with Crippen LogP contribution in [0.3, 0.4) is 0 Å². The molecule has 1 aliphatic rings. The van der Waals surface area contributed by atoms with Gasteiger partial charge in [-0.2, -0.15) is 13.2 Å². The monoisotopic (exact) mass is 526 g/mol. The number of halogens is 4. The van der Waals surface area contributed by atoms with E-state index in [-0.39, 0.29) is 45.8 Å². The van der Waals surface area contributed by atoms with Gasteiger partial charge < -0.3 is 19.7 Å². The molecule has 0 saturated heterocycles. The molecule has 0 amide bonds. The van der Waals surface area contributed by atoms with Crippen molar-refractivity contribution in [3.63, 3.8) is 0 Å². The Morgan fingerprint density at radius 3 is 2.50 bits per heavy atom. The van der Waals surface area contributed by atoms with E-state index in [0.29, 0.717) is 6.54 Å². The highest BCUT2D eigenvalue weighted by atomic mass is 19.4. The van der Waals surface area contributed by atoms with Gasteiger partial charge in [0.15, 0.2) is 5.43 Å². The summed E-state index contributed by atoms with van der Waals surface area (Å²) in [6.07, 6.45) is -4.73. The normalized spacial score (nSPS) is 14.0. The number of nitrogens with one attached hydrogen (secondary N) is 1. The smallest absolute Gasteiger partial charge is 0.416 e. The molecular formula is C28H22F4N2O4. The Kier molecular flexibility index (Phi) is 6.13. The van der Waals surface area contributed by atoms with Crippen LogP contribution >= 0.6 is 0 Å². The minimum Gasteiger partial charge on any atom is -0.478 e. The average molecular weight is 526 g/mol. The minimum atomic E-state index is -4.73. The number of benzene rings is 3. The predicted octanol–water partition coefficient (Wildman–Crippen LogP) is 6.65. The van der Waals surface area contributed by atoms with Crippen LogP contribution in [-0.2, 0) is 19.3 Å². The third kappa shape index (κ3) is 4.46. The number of fused-ring (bicyclic) bond motifs is 2. The molecule has 2 heterocycles. The van der Waals surface area contributed by atoms with Crippen LogP contribution in [0.1, 0.15) is 51.1 Å². The van der Waals surface area contributed by atoms with Crippen molar-refractivity contribution < 1.29 is 31.9 Å². The maximum Gasteiger partial charge on any atom is 0.416 e. The van der Waals surface area contributed by atoms with Crippen LogP contribution in [0.15, 0.2) is 63.8 Å². The summed E-state index contributed by atoms with van der Waals surface area (Å²) in [6.45, 7) is 3.63. The number of hydrogen-bond donors (Lipinski definition) is 2. The van der Waals surface area contributed by atoms with E-state index >= 15 is 0 Å². The molecule has 1 aliphatic heterocycles. The Balaban J connectivity index is 1.66. The summed E-state index contributed by atoms with van der Waals surface area (Å²) in [5.41, 5.74) is 0.196. The molecule has 38 heavy (non-hydrogen) atoms. The van der Waals surface area contributed by atoms with E-state index in [9.17, 15) is 32.3 Å². The van der Waals surface area contributed by atoms with Gasteiger partial charge in [0.25, 0.3) is 0 Å². The number of carboxylic acid groups (broad SMARTS) is 1. The summed E-state index contributed by atoms with van der Waals surface area (Å²) in [4.78, 5) is 26.8. The summed E-state index contributed by atoms with van der Waals surface area (Å²) >= 11 is 0. The molecule has 0 saturated carbocycles. The highest BCUT2D eigenvalue weighted by Crippen LogP contribution is 2.38. The number of carboxylic acids is 1. The molecule has 0 unspecified atom stereocenters. The van der Waals surface area contributed by atoms with Gasteiger partial charge in [0.05, 0.1) is 28.1 Å². The van der Waals surface area contributed by atoms with Crippen molar-refractivity contribution >= 4 is 28.5 Å². The summed E-state index contributed by atoms with van der Waals surface area (Å²) in [7, 11) is 0. The third-order valence-corrected chi connectivity index (χ3v) is 6.72. The number of hydrogen-bond acceptors (Lipinski definition) is 5. The number of rotatable bonds is 5. The maximum absolute atomic E-state index is 13.8. The Morgan fingerprint density at radius 2 is 1.79 bits per heavy atom. The second-order valence-corrected chi connectivity index (χ2v) is 9.29. The summed E-state index contributed by atoms with van der Waals surface area (Å²) in [5.74, 6) is -1.42. The third-order valence-electron chi connectivity index (χ3n) is 6.72. The molecular weight excluding hydrogens is 504 g/mol. The molecule has 4 aromatic rings. The van der Waals surface area contributed by atoms with Gasteiger partial charge in [-0.05, 0) is 61.4 Å². The zero-order valence-corrected chi connectivity index (χ0v) is 20.3. The predicted molar refractivity (Wildman–Crippen MR) is 134 cm³/mol. The minimum absolute atomic E-state index is 0.0381. The zero-order valence-electron chi connectivity index (χ0n) is 20.3. The van der Waals surface area contributed by atoms with E-state index in [1.54, 1.807) is 24.0 Å². The van der Waals surface area contributed by atoms with E-state index in [2.05, 4.69) is 5.32 Å². The highest BCUT2D eigenvalue weighted by molar-refractivity contribution is 5.94. The molecule has 196 valence electrons. The lowest BCUT2D eigenvalue weighted by Crippen LogP contribution is -2.21. The van der Waals surface area contributed by atoms with Gasteiger partial charge in [-0.15, -0.1) is 0 Å². The molecule has 1 aromatic heterocycles. The number of carbonyl (C=O) groups is 1. The van der Waals surface area contributed by atoms with E-state index in [1.807, 2.05) is 0 Å². The van der Waals surface area contributed by atoms with Crippen LogP contribution in [0.25, 0.3) is 11.0 Å². The molecule has 6 nitrogen and oxygen atoms in total. The molecule has 0 fully saturated rings. The second kappa shape index (κ2) is 9.20.